The van der Waals surface area contributed by atoms with E-state index in [2.05, 4.69) is 15.1 Å². The van der Waals surface area contributed by atoms with Crippen LogP contribution < -0.4 is 9.64 Å². The van der Waals surface area contributed by atoms with Crippen LogP contribution in [0.4, 0.5) is 10.2 Å². The fourth-order valence-electron chi connectivity index (χ4n) is 4.11. The van der Waals surface area contributed by atoms with E-state index in [4.69, 9.17) is 9.47 Å². The summed E-state index contributed by atoms with van der Waals surface area (Å²) in [5, 5.41) is 8.76. The zero-order chi connectivity index (χ0) is 26.2. The third-order valence-corrected chi connectivity index (χ3v) is 6.24. The standard InChI is InChI=1S/C27H30FN5O4/c1-36-17-16-33(27(35)20-6-8-22(28)9-7-20)19-26(34)32-14-12-31(13-15-32)25-11-10-24(29-30-25)21-4-3-5-23(18-21)37-2/h3-11,18H,12-17,19H2,1-2H3. The Kier molecular flexibility index (Phi) is 8.63. The average molecular weight is 508 g/mol. The third-order valence-electron chi connectivity index (χ3n) is 6.24. The molecule has 2 amide bonds. The van der Waals surface area contributed by atoms with E-state index < -0.39 is 5.82 Å². The summed E-state index contributed by atoms with van der Waals surface area (Å²) < 4.78 is 23.7. The van der Waals surface area contributed by atoms with Crippen LogP contribution >= 0.6 is 0 Å². The minimum absolute atomic E-state index is 0.0748. The Morgan fingerprint density at radius 2 is 1.73 bits per heavy atom. The van der Waals surface area contributed by atoms with Crippen molar-refractivity contribution in [2.45, 2.75) is 0 Å². The Labute approximate surface area is 215 Å². The van der Waals surface area contributed by atoms with Crippen molar-refractivity contribution >= 4 is 17.6 Å². The van der Waals surface area contributed by atoms with Gasteiger partial charge in [-0.2, -0.15) is 0 Å². The monoisotopic (exact) mass is 507 g/mol. The molecule has 0 bridgehead atoms. The van der Waals surface area contributed by atoms with Gasteiger partial charge >= 0.3 is 0 Å². The third kappa shape index (κ3) is 6.59. The van der Waals surface area contributed by atoms with Crippen molar-refractivity contribution in [2.75, 3.05) is 65.0 Å². The average Bonchev–Trinajstić information content (AvgIpc) is 2.95. The highest BCUT2D eigenvalue weighted by Crippen LogP contribution is 2.23. The SMILES string of the molecule is COCCN(CC(=O)N1CCN(c2ccc(-c3cccc(OC)c3)nn2)CC1)C(=O)c1ccc(F)cc1. The summed E-state index contributed by atoms with van der Waals surface area (Å²) in [5.74, 6) is 0.589. The van der Waals surface area contributed by atoms with Crippen LogP contribution in [0, 0.1) is 5.82 Å². The van der Waals surface area contributed by atoms with Crippen molar-refractivity contribution in [1.29, 1.82) is 0 Å². The Balaban J connectivity index is 1.34. The molecule has 10 heteroatoms. The summed E-state index contributed by atoms with van der Waals surface area (Å²) in [4.78, 5) is 31.2. The molecule has 0 N–H and O–H groups in total. The molecule has 2 heterocycles. The lowest BCUT2D eigenvalue weighted by Gasteiger charge is -2.36. The van der Waals surface area contributed by atoms with Gasteiger partial charge in [0.1, 0.15) is 18.1 Å². The van der Waals surface area contributed by atoms with Crippen LogP contribution in [0.3, 0.4) is 0 Å². The first-order valence-electron chi connectivity index (χ1n) is 12.0. The number of nitrogens with zero attached hydrogens (tertiary/aromatic N) is 5. The minimum Gasteiger partial charge on any atom is -0.497 e. The summed E-state index contributed by atoms with van der Waals surface area (Å²) in [6.45, 7) is 2.68. The number of carbonyl (C=O) groups excluding carboxylic acids is 2. The maximum atomic E-state index is 13.3. The van der Waals surface area contributed by atoms with Crippen molar-refractivity contribution in [2.24, 2.45) is 0 Å². The predicted octanol–water partition coefficient (Wildman–Crippen LogP) is 2.73. The molecule has 3 aromatic rings. The lowest BCUT2D eigenvalue weighted by molar-refractivity contribution is -0.132. The zero-order valence-electron chi connectivity index (χ0n) is 21.0. The molecule has 9 nitrogen and oxygen atoms in total. The topological polar surface area (TPSA) is 88.1 Å². The Morgan fingerprint density at radius 1 is 0.973 bits per heavy atom. The lowest BCUT2D eigenvalue weighted by Crippen LogP contribution is -2.52. The largest absolute Gasteiger partial charge is 0.497 e. The van der Waals surface area contributed by atoms with Gasteiger partial charge in [-0.3, -0.25) is 9.59 Å². The van der Waals surface area contributed by atoms with Gasteiger partial charge in [0.05, 0.1) is 19.4 Å². The van der Waals surface area contributed by atoms with Crippen molar-refractivity contribution in [3.05, 3.63) is 72.0 Å². The molecule has 1 aliphatic rings. The summed E-state index contributed by atoms with van der Waals surface area (Å²) >= 11 is 0. The van der Waals surface area contributed by atoms with E-state index in [1.165, 1.54) is 36.3 Å². The fourth-order valence-corrected chi connectivity index (χ4v) is 4.11. The van der Waals surface area contributed by atoms with E-state index in [0.29, 0.717) is 38.3 Å². The van der Waals surface area contributed by atoms with Gasteiger partial charge in [0.2, 0.25) is 5.91 Å². The number of ether oxygens (including phenoxy) is 2. The number of hydrogen-bond donors (Lipinski definition) is 0. The second kappa shape index (κ2) is 12.3. The molecule has 1 fully saturated rings. The van der Waals surface area contributed by atoms with E-state index in [1.54, 1.807) is 12.0 Å². The molecule has 1 saturated heterocycles. The van der Waals surface area contributed by atoms with Crippen molar-refractivity contribution in [3.8, 4) is 17.0 Å². The van der Waals surface area contributed by atoms with Crippen LogP contribution in [0.2, 0.25) is 0 Å². The van der Waals surface area contributed by atoms with Gasteiger partial charge in [0.25, 0.3) is 5.91 Å². The number of halogens is 1. The van der Waals surface area contributed by atoms with E-state index in [1.807, 2.05) is 36.4 Å². The van der Waals surface area contributed by atoms with Crippen molar-refractivity contribution < 1.29 is 23.5 Å². The first kappa shape index (κ1) is 26.0. The number of rotatable bonds is 9. The quantitative estimate of drug-likeness (QED) is 0.440. The van der Waals surface area contributed by atoms with Crippen LogP contribution in [0.1, 0.15) is 10.4 Å². The summed E-state index contributed by atoms with van der Waals surface area (Å²) in [6, 6.07) is 16.8. The van der Waals surface area contributed by atoms with Crippen molar-refractivity contribution in [3.63, 3.8) is 0 Å². The molecule has 194 valence electrons. The molecule has 0 atom stereocenters. The molecule has 4 rings (SSSR count). The number of methoxy groups -OCH3 is 2. The maximum absolute atomic E-state index is 13.3. The van der Waals surface area contributed by atoms with E-state index in [0.717, 1.165) is 22.8 Å². The molecule has 1 aromatic heterocycles. The minimum atomic E-state index is -0.423. The van der Waals surface area contributed by atoms with Gasteiger partial charge in [-0.25, -0.2) is 4.39 Å². The van der Waals surface area contributed by atoms with Crippen LogP contribution in [-0.2, 0) is 9.53 Å². The van der Waals surface area contributed by atoms with Gasteiger partial charge in [-0.15, -0.1) is 10.2 Å². The molecular formula is C27H30FN5O4. The van der Waals surface area contributed by atoms with Crippen LogP contribution in [0.25, 0.3) is 11.3 Å². The zero-order valence-corrected chi connectivity index (χ0v) is 21.0. The molecule has 37 heavy (non-hydrogen) atoms. The first-order chi connectivity index (χ1) is 18.0. The smallest absolute Gasteiger partial charge is 0.254 e. The predicted molar refractivity (Wildman–Crippen MR) is 137 cm³/mol. The van der Waals surface area contributed by atoms with Crippen LogP contribution in [-0.4, -0.2) is 91.9 Å². The first-order valence-corrected chi connectivity index (χ1v) is 12.0. The van der Waals surface area contributed by atoms with Gasteiger partial charge in [-0.05, 0) is 48.5 Å². The molecule has 0 spiro atoms. The maximum Gasteiger partial charge on any atom is 0.254 e. The second-order valence-corrected chi connectivity index (χ2v) is 8.60. The Morgan fingerprint density at radius 3 is 2.38 bits per heavy atom. The Hall–Kier alpha value is -4.05. The number of hydrogen-bond acceptors (Lipinski definition) is 7. The second-order valence-electron chi connectivity index (χ2n) is 8.60. The molecule has 1 aliphatic heterocycles. The number of benzene rings is 2. The number of piperazine rings is 1. The molecule has 2 aromatic carbocycles. The van der Waals surface area contributed by atoms with Gasteiger partial charge in [0.15, 0.2) is 5.82 Å². The van der Waals surface area contributed by atoms with Gasteiger partial charge in [0, 0.05) is 51.0 Å². The van der Waals surface area contributed by atoms with Crippen molar-refractivity contribution in [1.82, 2.24) is 20.0 Å². The van der Waals surface area contributed by atoms with Crippen LogP contribution in [0.15, 0.2) is 60.7 Å². The highest BCUT2D eigenvalue weighted by molar-refractivity contribution is 5.96. The number of carbonyl (C=O) groups is 2. The molecule has 0 radical (unpaired) electrons. The number of amides is 2. The normalized spacial score (nSPS) is 13.4. The fraction of sp³-hybridized carbons (Fsp3) is 0.333. The van der Waals surface area contributed by atoms with E-state index in [-0.39, 0.29) is 24.9 Å². The highest BCUT2D eigenvalue weighted by atomic mass is 19.1. The molecule has 0 unspecified atom stereocenters. The molecule has 0 aliphatic carbocycles. The number of aromatic nitrogens is 2. The highest BCUT2D eigenvalue weighted by Gasteiger charge is 2.26. The van der Waals surface area contributed by atoms with E-state index in [9.17, 15) is 14.0 Å². The molecular weight excluding hydrogens is 477 g/mol. The van der Waals surface area contributed by atoms with E-state index >= 15 is 0 Å². The van der Waals surface area contributed by atoms with Gasteiger partial charge in [-0.1, -0.05) is 12.1 Å². The summed E-state index contributed by atoms with van der Waals surface area (Å²) in [5.41, 5.74) is 1.99. The Bertz CT molecular complexity index is 1200. The lowest BCUT2D eigenvalue weighted by atomic mass is 10.1. The summed E-state index contributed by atoms with van der Waals surface area (Å²) in [6.07, 6.45) is 0. The summed E-state index contributed by atoms with van der Waals surface area (Å²) in [7, 11) is 3.16. The van der Waals surface area contributed by atoms with Crippen LogP contribution in [0.5, 0.6) is 5.75 Å². The van der Waals surface area contributed by atoms with Gasteiger partial charge < -0.3 is 24.2 Å². The molecule has 0 saturated carbocycles. The number of anilines is 1.